The van der Waals surface area contributed by atoms with Crippen molar-refractivity contribution in [2.75, 3.05) is 0 Å². The molecule has 0 aliphatic rings. The maximum absolute atomic E-state index is 12.0. The van der Waals surface area contributed by atoms with Crippen molar-refractivity contribution in [1.29, 1.82) is 5.26 Å². The van der Waals surface area contributed by atoms with Crippen LogP contribution in [0.1, 0.15) is 39.5 Å². The molecular formula is C16H18N4O2S. The predicted molar refractivity (Wildman–Crippen MR) is 88.3 cm³/mol. The Bertz CT molecular complexity index is 830. The zero-order valence-corrected chi connectivity index (χ0v) is 14.1. The Morgan fingerprint density at radius 3 is 2.78 bits per heavy atom. The Balaban J connectivity index is 1.99. The smallest absolute Gasteiger partial charge is 0.266 e. The van der Waals surface area contributed by atoms with Gasteiger partial charge in [-0.25, -0.2) is 4.98 Å². The normalized spacial score (nSPS) is 10.3. The van der Waals surface area contributed by atoms with E-state index in [1.54, 1.807) is 25.2 Å². The Hall–Kier alpha value is -2.46. The molecule has 0 radical (unpaired) electrons. The highest BCUT2D eigenvalue weighted by atomic mass is 32.1. The number of nitrogens with zero attached hydrogens (tertiary/aromatic N) is 2. The van der Waals surface area contributed by atoms with Crippen molar-refractivity contribution in [2.24, 2.45) is 0 Å². The number of nitrogens with one attached hydrogen (secondary N) is 2. The second-order valence-corrected chi connectivity index (χ2v) is 6.37. The van der Waals surface area contributed by atoms with Crippen LogP contribution in [-0.4, -0.2) is 15.9 Å². The van der Waals surface area contributed by atoms with Gasteiger partial charge in [0.1, 0.15) is 11.6 Å². The Morgan fingerprint density at radius 2 is 2.17 bits per heavy atom. The SMILES string of the molecule is Cc1nc(CNC(=O)CCc2c(C)[nH]c(=O)c(C#N)c2C)cs1. The zero-order chi connectivity index (χ0) is 17.0. The van der Waals surface area contributed by atoms with Crippen molar-refractivity contribution >= 4 is 17.2 Å². The molecule has 0 saturated carbocycles. The number of aromatic amines is 1. The maximum atomic E-state index is 12.0. The van der Waals surface area contributed by atoms with Crippen molar-refractivity contribution in [3.05, 3.63) is 48.8 Å². The number of rotatable bonds is 5. The average Bonchev–Trinajstić information content (AvgIpc) is 2.90. The summed E-state index contributed by atoms with van der Waals surface area (Å²) in [5, 5.41) is 14.8. The lowest BCUT2D eigenvalue weighted by molar-refractivity contribution is -0.121. The van der Waals surface area contributed by atoms with Crippen LogP contribution in [0.3, 0.4) is 0 Å². The first-order valence-corrected chi connectivity index (χ1v) is 8.10. The van der Waals surface area contributed by atoms with Gasteiger partial charge in [-0.1, -0.05) is 0 Å². The quantitative estimate of drug-likeness (QED) is 0.874. The van der Waals surface area contributed by atoms with Gasteiger partial charge in [0, 0.05) is 17.5 Å². The summed E-state index contributed by atoms with van der Waals surface area (Å²) in [5.74, 6) is -0.0841. The molecule has 0 bridgehead atoms. The van der Waals surface area contributed by atoms with Crippen molar-refractivity contribution in [3.63, 3.8) is 0 Å². The molecule has 0 spiro atoms. The molecule has 0 aromatic carbocycles. The maximum Gasteiger partial charge on any atom is 0.266 e. The fourth-order valence-corrected chi connectivity index (χ4v) is 3.04. The van der Waals surface area contributed by atoms with E-state index in [-0.39, 0.29) is 17.0 Å². The van der Waals surface area contributed by atoms with E-state index in [1.807, 2.05) is 18.4 Å². The molecule has 0 aliphatic heterocycles. The Morgan fingerprint density at radius 1 is 1.43 bits per heavy atom. The van der Waals surface area contributed by atoms with Gasteiger partial charge < -0.3 is 10.3 Å². The minimum atomic E-state index is -0.380. The number of amides is 1. The monoisotopic (exact) mass is 330 g/mol. The zero-order valence-electron chi connectivity index (χ0n) is 13.3. The minimum Gasteiger partial charge on any atom is -0.350 e. The van der Waals surface area contributed by atoms with E-state index >= 15 is 0 Å². The molecular weight excluding hydrogens is 312 g/mol. The first-order chi connectivity index (χ1) is 10.9. The molecule has 1 amide bonds. The van der Waals surface area contributed by atoms with E-state index in [1.165, 1.54) is 0 Å². The van der Waals surface area contributed by atoms with Gasteiger partial charge in [-0.2, -0.15) is 5.26 Å². The van der Waals surface area contributed by atoms with Gasteiger partial charge in [-0.05, 0) is 38.3 Å². The van der Waals surface area contributed by atoms with Gasteiger partial charge in [0.25, 0.3) is 5.56 Å². The van der Waals surface area contributed by atoms with Crippen LogP contribution >= 0.6 is 11.3 Å². The molecule has 0 unspecified atom stereocenters. The van der Waals surface area contributed by atoms with Crippen LogP contribution in [0.5, 0.6) is 0 Å². The van der Waals surface area contributed by atoms with Gasteiger partial charge in [0.2, 0.25) is 5.91 Å². The molecule has 7 heteroatoms. The minimum absolute atomic E-state index is 0.0841. The second kappa shape index (κ2) is 7.20. The first kappa shape index (κ1) is 16.9. The van der Waals surface area contributed by atoms with E-state index in [9.17, 15) is 9.59 Å². The van der Waals surface area contributed by atoms with E-state index < -0.39 is 0 Å². The summed E-state index contributed by atoms with van der Waals surface area (Å²) in [6.07, 6.45) is 0.771. The topological polar surface area (TPSA) is 98.6 Å². The summed E-state index contributed by atoms with van der Waals surface area (Å²) in [7, 11) is 0. The Labute approximate surface area is 138 Å². The molecule has 0 atom stereocenters. The number of thiazole rings is 1. The predicted octanol–water partition coefficient (Wildman–Crippen LogP) is 1.88. The third kappa shape index (κ3) is 4.05. The van der Waals surface area contributed by atoms with Crippen molar-refractivity contribution in [3.8, 4) is 6.07 Å². The number of carbonyl (C=O) groups is 1. The van der Waals surface area contributed by atoms with E-state index in [2.05, 4.69) is 15.3 Å². The highest BCUT2D eigenvalue weighted by Crippen LogP contribution is 2.15. The summed E-state index contributed by atoms with van der Waals surface area (Å²) in [6.45, 7) is 5.85. The van der Waals surface area contributed by atoms with Crippen LogP contribution in [0, 0.1) is 32.1 Å². The van der Waals surface area contributed by atoms with Gasteiger partial charge in [0.05, 0.1) is 17.2 Å². The molecule has 2 heterocycles. The molecule has 6 nitrogen and oxygen atoms in total. The van der Waals surface area contributed by atoms with Gasteiger partial charge in [-0.15, -0.1) is 11.3 Å². The number of aromatic nitrogens is 2. The highest BCUT2D eigenvalue weighted by molar-refractivity contribution is 7.09. The Kier molecular flexibility index (Phi) is 5.29. The lowest BCUT2D eigenvalue weighted by Crippen LogP contribution is -2.24. The number of H-pyrrole nitrogens is 1. The number of nitriles is 1. The lowest BCUT2D eigenvalue weighted by Gasteiger charge is -2.10. The third-order valence-corrected chi connectivity index (χ3v) is 4.48. The van der Waals surface area contributed by atoms with Crippen molar-refractivity contribution in [1.82, 2.24) is 15.3 Å². The fraction of sp³-hybridized carbons (Fsp3) is 0.375. The average molecular weight is 330 g/mol. The van der Waals surface area contributed by atoms with Crippen LogP contribution in [0.25, 0.3) is 0 Å². The second-order valence-electron chi connectivity index (χ2n) is 5.30. The summed E-state index contributed by atoms with van der Waals surface area (Å²) in [5.41, 5.74) is 2.79. The standard InChI is InChI=1S/C16H18N4O2S/c1-9-13(10(2)19-16(22)14(9)6-17)4-5-15(21)18-7-12-8-23-11(3)20-12/h8H,4-5,7H2,1-3H3,(H,18,21)(H,19,22). The molecule has 2 aromatic rings. The highest BCUT2D eigenvalue weighted by Gasteiger charge is 2.13. The molecule has 0 saturated heterocycles. The number of aryl methyl sites for hydroxylation is 2. The largest absolute Gasteiger partial charge is 0.350 e. The molecule has 2 rings (SSSR count). The van der Waals surface area contributed by atoms with Gasteiger partial charge in [0.15, 0.2) is 0 Å². The lowest BCUT2D eigenvalue weighted by atomic mass is 9.99. The summed E-state index contributed by atoms with van der Waals surface area (Å²) >= 11 is 1.55. The number of hydrogen-bond acceptors (Lipinski definition) is 5. The van der Waals surface area contributed by atoms with Gasteiger partial charge >= 0.3 is 0 Å². The molecule has 120 valence electrons. The van der Waals surface area contributed by atoms with Crippen LogP contribution in [-0.2, 0) is 17.8 Å². The molecule has 2 N–H and O–H groups in total. The summed E-state index contributed by atoms with van der Waals surface area (Å²) in [4.78, 5) is 30.6. The first-order valence-electron chi connectivity index (χ1n) is 7.22. The van der Waals surface area contributed by atoms with Crippen LogP contribution in [0.2, 0.25) is 0 Å². The number of hydrogen-bond donors (Lipinski definition) is 2. The van der Waals surface area contributed by atoms with E-state index in [0.717, 1.165) is 16.3 Å². The van der Waals surface area contributed by atoms with Gasteiger partial charge in [-0.3, -0.25) is 9.59 Å². The van der Waals surface area contributed by atoms with Crippen LogP contribution < -0.4 is 10.9 Å². The van der Waals surface area contributed by atoms with Crippen molar-refractivity contribution < 1.29 is 4.79 Å². The summed E-state index contributed by atoms with van der Waals surface area (Å²) < 4.78 is 0. The molecule has 0 fully saturated rings. The number of carbonyl (C=O) groups excluding carboxylic acids is 1. The summed E-state index contributed by atoms with van der Waals surface area (Å²) in [6, 6.07) is 1.92. The third-order valence-electron chi connectivity index (χ3n) is 3.66. The van der Waals surface area contributed by atoms with Crippen LogP contribution in [0.4, 0.5) is 0 Å². The van der Waals surface area contributed by atoms with Crippen LogP contribution in [0.15, 0.2) is 10.2 Å². The molecule has 23 heavy (non-hydrogen) atoms. The van der Waals surface area contributed by atoms with E-state index in [4.69, 9.17) is 5.26 Å². The van der Waals surface area contributed by atoms with Crippen molar-refractivity contribution in [2.45, 2.75) is 40.2 Å². The number of pyridine rings is 1. The molecule has 0 aliphatic carbocycles. The fourth-order valence-electron chi connectivity index (χ4n) is 2.43. The van der Waals surface area contributed by atoms with E-state index in [0.29, 0.717) is 30.6 Å². The molecule has 2 aromatic heterocycles.